The Morgan fingerprint density at radius 3 is 2.23 bits per heavy atom. The maximum Gasteiger partial charge on any atom is 0.255 e. The van der Waals surface area contributed by atoms with Gasteiger partial charge in [0.05, 0.1) is 10.9 Å². The highest BCUT2D eigenvalue weighted by molar-refractivity contribution is 7.89. The van der Waals surface area contributed by atoms with Crippen LogP contribution in [0.15, 0.2) is 65.6 Å². The van der Waals surface area contributed by atoms with Crippen LogP contribution in [-0.2, 0) is 14.8 Å². The van der Waals surface area contributed by atoms with Crippen molar-refractivity contribution >= 4 is 38.3 Å². The van der Waals surface area contributed by atoms with Crippen molar-refractivity contribution in [3.05, 3.63) is 71.8 Å². The number of anilines is 1. The summed E-state index contributed by atoms with van der Waals surface area (Å²) in [6, 6.07) is 16.9. The summed E-state index contributed by atoms with van der Waals surface area (Å²) < 4.78 is 30.0. The SMILES string of the molecule is Cc1ccccc1C(=O)Nc1ccc(S(=O)(=O)NC2CCN(C(=O)[C@@H](N)C3CCCCC3)CC2)c2ccccc12. The van der Waals surface area contributed by atoms with Crippen molar-refractivity contribution in [1.82, 2.24) is 9.62 Å². The van der Waals surface area contributed by atoms with E-state index in [4.69, 9.17) is 5.73 Å². The van der Waals surface area contributed by atoms with E-state index in [9.17, 15) is 18.0 Å². The van der Waals surface area contributed by atoms with Crippen LogP contribution in [0.1, 0.15) is 60.9 Å². The van der Waals surface area contributed by atoms with Crippen molar-refractivity contribution in [2.75, 3.05) is 18.4 Å². The van der Waals surface area contributed by atoms with Crippen molar-refractivity contribution in [2.45, 2.75) is 68.8 Å². The van der Waals surface area contributed by atoms with Gasteiger partial charge in [0.1, 0.15) is 0 Å². The summed E-state index contributed by atoms with van der Waals surface area (Å²) in [4.78, 5) is 27.9. The number of carbonyl (C=O) groups is 2. The molecule has 1 heterocycles. The maximum absolute atomic E-state index is 13.5. The van der Waals surface area contributed by atoms with E-state index >= 15 is 0 Å². The minimum absolute atomic E-state index is 0.0115. The van der Waals surface area contributed by atoms with Gasteiger partial charge in [-0.15, -0.1) is 0 Å². The average Bonchev–Trinajstić information content (AvgIpc) is 2.97. The number of nitrogens with zero attached hydrogens (tertiary/aromatic N) is 1. The lowest BCUT2D eigenvalue weighted by Gasteiger charge is -2.36. The third-order valence-corrected chi connectivity index (χ3v) is 9.96. The standard InChI is InChI=1S/C31H38N4O4S/c1-21-9-5-6-12-24(21)30(36)33-27-15-16-28(26-14-8-7-13-25(26)27)40(38,39)34-23-17-19-35(20-18-23)31(37)29(32)22-10-3-2-4-11-22/h5-9,12-16,22-23,29,34H,2-4,10-11,17-20,32H2,1H3,(H,33,36)/t29-/m0/s1. The van der Waals surface area contributed by atoms with Crippen LogP contribution >= 0.6 is 0 Å². The number of likely N-dealkylation sites (tertiary alicyclic amines) is 1. The van der Waals surface area contributed by atoms with E-state index in [1.54, 1.807) is 35.2 Å². The number of nitrogens with two attached hydrogens (primary N) is 1. The number of rotatable bonds is 7. The second-order valence-corrected chi connectivity index (χ2v) is 12.8. The normalized spacial score (nSPS) is 18.0. The number of fused-ring (bicyclic) bond motifs is 1. The van der Waals surface area contributed by atoms with Crippen molar-refractivity contribution < 1.29 is 18.0 Å². The molecular weight excluding hydrogens is 524 g/mol. The second kappa shape index (κ2) is 12.1. The predicted octanol–water partition coefficient (Wildman–Crippen LogP) is 4.58. The zero-order chi connectivity index (χ0) is 28.3. The maximum atomic E-state index is 13.5. The first-order valence-electron chi connectivity index (χ1n) is 14.2. The molecule has 1 aliphatic carbocycles. The molecule has 8 nitrogen and oxygen atoms in total. The molecule has 9 heteroatoms. The molecule has 1 aliphatic heterocycles. The lowest BCUT2D eigenvalue weighted by atomic mass is 9.83. The molecule has 3 aromatic carbocycles. The van der Waals surface area contributed by atoms with Crippen LogP contribution in [0.2, 0.25) is 0 Å². The Hall–Kier alpha value is -3.27. The minimum Gasteiger partial charge on any atom is -0.341 e. The molecule has 2 amide bonds. The van der Waals surface area contributed by atoms with Gasteiger partial charge < -0.3 is 16.0 Å². The predicted molar refractivity (Wildman–Crippen MR) is 158 cm³/mol. The number of amides is 2. The Morgan fingerprint density at radius 2 is 1.52 bits per heavy atom. The third kappa shape index (κ3) is 6.06. The molecule has 3 aromatic rings. The molecule has 1 saturated heterocycles. The topological polar surface area (TPSA) is 122 Å². The lowest BCUT2D eigenvalue weighted by Crippen LogP contribution is -2.53. The molecular formula is C31H38N4O4S. The summed E-state index contributed by atoms with van der Waals surface area (Å²) >= 11 is 0. The van der Waals surface area contributed by atoms with Gasteiger partial charge in [-0.3, -0.25) is 9.59 Å². The van der Waals surface area contributed by atoms with E-state index in [2.05, 4.69) is 10.0 Å². The molecule has 4 N–H and O–H groups in total. The molecule has 40 heavy (non-hydrogen) atoms. The van der Waals surface area contributed by atoms with Crippen molar-refractivity contribution in [2.24, 2.45) is 11.7 Å². The van der Waals surface area contributed by atoms with Crippen LogP contribution in [0.3, 0.4) is 0 Å². The summed E-state index contributed by atoms with van der Waals surface area (Å²) in [6.45, 7) is 2.84. The Morgan fingerprint density at radius 1 is 0.875 bits per heavy atom. The third-order valence-electron chi connectivity index (χ3n) is 8.38. The van der Waals surface area contributed by atoms with Gasteiger partial charge in [-0.2, -0.15) is 0 Å². The summed E-state index contributed by atoms with van der Waals surface area (Å²) in [6.07, 6.45) is 6.55. The fourth-order valence-corrected chi connectivity index (χ4v) is 7.55. The zero-order valence-corrected chi connectivity index (χ0v) is 23.8. The van der Waals surface area contributed by atoms with Gasteiger partial charge in [-0.05, 0) is 62.3 Å². The van der Waals surface area contributed by atoms with Crippen LogP contribution in [-0.4, -0.2) is 50.3 Å². The Balaban J connectivity index is 1.27. The van der Waals surface area contributed by atoms with E-state index in [1.165, 1.54) is 6.42 Å². The molecule has 5 rings (SSSR count). The molecule has 0 radical (unpaired) electrons. The van der Waals surface area contributed by atoms with E-state index < -0.39 is 16.1 Å². The minimum atomic E-state index is -3.85. The Kier molecular flexibility index (Phi) is 8.54. The zero-order valence-electron chi connectivity index (χ0n) is 22.9. The monoisotopic (exact) mass is 562 g/mol. The van der Waals surface area contributed by atoms with Gasteiger partial charge >= 0.3 is 0 Å². The molecule has 1 atom stereocenters. The number of aryl methyl sites for hydroxylation is 1. The summed E-state index contributed by atoms with van der Waals surface area (Å²) in [5.74, 6) is -0.0146. The number of benzene rings is 3. The fourth-order valence-electron chi connectivity index (χ4n) is 6.04. The van der Waals surface area contributed by atoms with Gasteiger partial charge in [-0.1, -0.05) is 61.7 Å². The van der Waals surface area contributed by atoms with E-state index in [1.807, 2.05) is 37.3 Å². The van der Waals surface area contributed by atoms with Gasteiger partial charge in [0, 0.05) is 41.2 Å². The van der Waals surface area contributed by atoms with Crippen molar-refractivity contribution in [3.8, 4) is 0 Å². The highest BCUT2D eigenvalue weighted by Gasteiger charge is 2.33. The van der Waals surface area contributed by atoms with Gasteiger partial charge in [0.25, 0.3) is 5.91 Å². The molecule has 0 spiro atoms. The smallest absolute Gasteiger partial charge is 0.255 e. The molecule has 0 aromatic heterocycles. The summed E-state index contributed by atoms with van der Waals surface area (Å²) in [5, 5.41) is 4.12. The molecule has 0 unspecified atom stereocenters. The molecule has 1 saturated carbocycles. The first-order valence-corrected chi connectivity index (χ1v) is 15.7. The highest BCUT2D eigenvalue weighted by Crippen LogP contribution is 2.31. The van der Waals surface area contributed by atoms with Crippen LogP contribution < -0.4 is 15.8 Å². The number of piperidine rings is 1. The fraction of sp³-hybridized carbons (Fsp3) is 0.419. The van der Waals surface area contributed by atoms with Crippen LogP contribution in [0.5, 0.6) is 0 Å². The van der Waals surface area contributed by atoms with Gasteiger partial charge in [-0.25, -0.2) is 13.1 Å². The first kappa shape index (κ1) is 28.3. The number of carbonyl (C=O) groups excluding carboxylic acids is 2. The van der Waals surface area contributed by atoms with Crippen LogP contribution in [0, 0.1) is 12.8 Å². The van der Waals surface area contributed by atoms with Crippen molar-refractivity contribution in [1.29, 1.82) is 0 Å². The molecule has 2 fully saturated rings. The molecule has 0 bridgehead atoms. The molecule has 212 valence electrons. The van der Waals surface area contributed by atoms with E-state index in [0.29, 0.717) is 48.0 Å². The first-order chi connectivity index (χ1) is 19.2. The molecule has 2 aliphatic rings. The highest BCUT2D eigenvalue weighted by atomic mass is 32.2. The van der Waals surface area contributed by atoms with Crippen LogP contribution in [0.4, 0.5) is 5.69 Å². The Labute approximate surface area is 236 Å². The van der Waals surface area contributed by atoms with Crippen LogP contribution in [0.25, 0.3) is 10.8 Å². The van der Waals surface area contributed by atoms with E-state index in [-0.39, 0.29) is 28.7 Å². The number of hydrogen-bond acceptors (Lipinski definition) is 5. The van der Waals surface area contributed by atoms with Gasteiger partial charge in [0.15, 0.2) is 0 Å². The number of hydrogen-bond donors (Lipinski definition) is 3. The lowest BCUT2D eigenvalue weighted by molar-refractivity contribution is -0.135. The quantitative estimate of drug-likeness (QED) is 0.389. The summed E-state index contributed by atoms with van der Waals surface area (Å²) in [7, 11) is -3.85. The number of sulfonamides is 1. The Bertz CT molecular complexity index is 1490. The average molecular weight is 563 g/mol. The van der Waals surface area contributed by atoms with E-state index in [0.717, 1.165) is 31.2 Å². The van der Waals surface area contributed by atoms with Crippen molar-refractivity contribution in [3.63, 3.8) is 0 Å². The number of nitrogens with one attached hydrogen (secondary N) is 2. The largest absolute Gasteiger partial charge is 0.341 e. The summed E-state index contributed by atoms with van der Waals surface area (Å²) in [5.41, 5.74) is 8.31. The second-order valence-electron chi connectivity index (χ2n) is 11.1. The van der Waals surface area contributed by atoms with Gasteiger partial charge in [0.2, 0.25) is 15.9 Å².